The van der Waals surface area contributed by atoms with Gasteiger partial charge >= 0.3 is 5.97 Å². The molecule has 0 amide bonds. The van der Waals surface area contributed by atoms with Crippen molar-refractivity contribution in [2.45, 2.75) is 32.4 Å². The number of benzene rings is 1. The second kappa shape index (κ2) is 5.83. The van der Waals surface area contributed by atoms with Gasteiger partial charge in [-0.2, -0.15) is 0 Å². The van der Waals surface area contributed by atoms with Crippen LogP contribution in [0.3, 0.4) is 0 Å². The molecule has 0 spiro atoms. The number of sulfone groups is 1. The number of hydrogen-bond acceptors (Lipinski definition) is 5. The van der Waals surface area contributed by atoms with Gasteiger partial charge in [0.05, 0.1) is 16.1 Å². The molecule has 1 aromatic rings. The lowest BCUT2D eigenvalue weighted by atomic mass is 10.1. The first-order valence-corrected chi connectivity index (χ1v) is 7.95. The van der Waals surface area contributed by atoms with Crippen molar-refractivity contribution in [2.75, 3.05) is 18.1 Å². The average Bonchev–Trinajstić information content (AvgIpc) is 2.30. The number of carbonyl (C=O) groups excluding carboxylic acids is 1. The first-order chi connectivity index (χ1) is 9.04. The first-order valence-electron chi connectivity index (χ1n) is 6.30. The van der Waals surface area contributed by atoms with Gasteiger partial charge in [-0.1, -0.05) is 6.07 Å². The topological polar surface area (TPSA) is 86.5 Å². The molecule has 0 saturated heterocycles. The summed E-state index contributed by atoms with van der Waals surface area (Å²) in [6.45, 7) is 6.52. The van der Waals surface area contributed by atoms with Crippen molar-refractivity contribution in [3.63, 3.8) is 0 Å². The zero-order valence-electron chi connectivity index (χ0n) is 12.3. The highest BCUT2D eigenvalue weighted by Gasteiger charge is 2.28. The van der Waals surface area contributed by atoms with Gasteiger partial charge in [0, 0.05) is 5.69 Å². The van der Waals surface area contributed by atoms with Crippen LogP contribution in [0.25, 0.3) is 0 Å². The average molecular weight is 299 g/mol. The number of rotatable bonds is 4. The van der Waals surface area contributed by atoms with Gasteiger partial charge < -0.3 is 10.5 Å². The van der Waals surface area contributed by atoms with E-state index in [1.165, 1.54) is 6.07 Å². The number of anilines is 1. The Morgan fingerprint density at radius 2 is 1.90 bits per heavy atom. The van der Waals surface area contributed by atoms with Crippen molar-refractivity contribution in [3.8, 4) is 0 Å². The molecule has 5 nitrogen and oxygen atoms in total. The molecule has 1 aromatic carbocycles. The standard InChI is InChI=1S/C14H21NO4S/c1-10-5-6-11(9-12(10)15)13(16)19-7-8-20(17,18)14(2,3)4/h5-6,9H,7-8,15H2,1-4H3. The number of hydrogen-bond donors (Lipinski definition) is 1. The molecule has 6 heteroatoms. The molecule has 0 unspecified atom stereocenters. The summed E-state index contributed by atoms with van der Waals surface area (Å²) >= 11 is 0. The minimum Gasteiger partial charge on any atom is -0.461 e. The van der Waals surface area contributed by atoms with Crippen LogP contribution in [-0.2, 0) is 14.6 Å². The van der Waals surface area contributed by atoms with Crippen LogP contribution in [0.5, 0.6) is 0 Å². The molecule has 112 valence electrons. The number of nitrogens with two attached hydrogens (primary N) is 1. The van der Waals surface area contributed by atoms with E-state index < -0.39 is 20.6 Å². The Bertz CT molecular complexity index is 600. The van der Waals surface area contributed by atoms with Crippen LogP contribution in [0, 0.1) is 6.92 Å². The highest BCUT2D eigenvalue weighted by Crippen LogP contribution is 2.16. The molecule has 2 N–H and O–H groups in total. The van der Waals surface area contributed by atoms with E-state index in [0.717, 1.165) is 5.56 Å². The number of ether oxygens (including phenoxy) is 1. The minimum atomic E-state index is -3.29. The first kappa shape index (κ1) is 16.5. The van der Waals surface area contributed by atoms with Crippen molar-refractivity contribution in [1.29, 1.82) is 0 Å². The Morgan fingerprint density at radius 1 is 1.30 bits per heavy atom. The van der Waals surface area contributed by atoms with Gasteiger partial charge in [-0.05, 0) is 45.4 Å². The Morgan fingerprint density at radius 3 is 2.40 bits per heavy atom. The fraction of sp³-hybridized carbons (Fsp3) is 0.500. The van der Waals surface area contributed by atoms with Crippen molar-refractivity contribution in [3.05, 3.63) is 29.3 Å². The van der Waals surface area contributed by atoms with Gasteiger partial charge in [-0.3, -0.25) is 0 Å². The normalized spacial score (nSPS) is 12.2. The fourth-order valence-electron chi connectivity index (χ4n) is 1.40. The van der Waals surface area contributed by atoms with Crippen LogP contribution in [0.4, 0.5) is 5.69 Å². The van der Waals surface area contributed by atoms with E-state index >= 15 is 0 Å². The van der Waals surface area contributed by atoms with Gasteiger partial charge in [0.15, 0.2) is 9.84 Å². The summed E-state index contributed by atoms with van der Waals surface area (Å²) in [6, 6.07) is 4.85. The molecular formula is C14H21NO4S. The molecule has 20 heavy (non-hydrogen) atoms. The molecule has 0 heterocycles. The maximum absolute atomic E-state index is 11.9. The molecule has 0 aliphatic carbocycles. The lowest BCUT2D eigenvalue weighted by Gasteiger charge is -2.18. The Balaban J connectivity index is 2.63. The predicted octanol–water partition coefficient (Wildman–Crippen LogP) is 1.95. The van der Waals surface area contributed by atoms with Gasteiger partial charge in [0.1, 0.15) is 6.61 Å². The van der Waals surface area contributed by atoms with E-state index in [-0.39, 0.29) is 12.4 Å². The molecule has 0 atom stereocenters. The van der Waals surface area contributed by atoms with Crippen LogP contribution in [0.15, 0.2) is 18.2 Å². The molecule has 0 aliphatic heterocycles. The number of carbonyl (C=O) groups is 1. The summed E-state index contributed by atoms with van der Waals surface area (Å²) in [5.74, 6) is -0.760. The van der Waals surface area contributed by atoms with Crippen LogP contribution >= 0.6 is 0 Å². The molecule has 0 aliphatic rings. The van der Waals surface area contributed by atoms with E-state index in [1.54, 1.807) is 32.9 Å². The molecule has 1 rings (SSSR count). The van der Waals surface area contributed by atoms with E-state index in [9.17, 15) is 13.2 Å². The quantitative estimate of drug-likeness (QED) is 0.678. The predicted molar refractivity (Wildman–Crippen MR) is 79.4 cm³/mol. The summed E-state index contributed by atoms with van der Waals surface area (Å²) in [4.78, 5) is 11.8. The van der Waals surface area contributed by atoms with Crippen molar-refractivity contribution in [1.82, 2.24) is 0 Å². The van der Waals surface area contributed by atoms with Crippen molar-refractivity contribution >= 4 is 21.5 Å². The van der Waals surface area contributed by atoms with Crippen molar-refractivity contribution in [2.24, 2.45) is 0 Å². The van der Waals surface area contributed by atoms with E-state index in [0.29, 0.717) is 11.3 Å². The molecule has 0 saturated carbocycles. The highest BCUT2D eigenvalue weighted by molar-refractivity contribution is 7.92. The lowest BCUT2D eigenvalue weighted by molar-refractivity contribution is 0.0529. The van der Waals surface area contributed by atoms with Crippen LogP contribution in [0.1, 0.15) is 36.7 Å². The number of aryl methyl sites for hydroxylation is 1. The summed E-state index contributed by atoms with van der Waals surface area (Å²) in [7, 11) is -3.29. The summed E-state index contributed by atoms with van der Waals surface area (Å²) in [5.41, 5.74) is 7.40. The SMILES string of the molecule is Cc1ccc(C(=O)OCCS(=O)(=O)C(C)(C)C)cc1N. The van der Waals surface area contributed by atoms with Crippen LogP contribution in [-0.4, -0.2) is 31.5 Å². The zero-order chi connectivity index (χ0) is 15.6. The van der Waals surface area contributed by atoms with Gasteiger partial charge in [0.25, 0.3) is 0 Å². The Kier molecular flexibility index (Phi) is 4.81. The van der Waals surface area contributed by atoms with E-state index in [4.69, 9.17) is 10.5 Å². The zero-order valence-corrected chi connectivity index (χ0v) is 13.1. The maximum Gasteiger partial charge on any atom is 0.338 e. The second-order valence-electron chi connectivity index (χ2n) is 5.64. The Hall–Kier alpha value is -1.56. The van der Waals surface area contributed by atoms with Gasteiger partial charge in [-0.15, -0.1) is 0 Å². The molecule has 0 radical (unpaired) electrons. The lowest BCUT2D eigenvalue weighted by Crippen LogP contribution is -2.32. The third-order valence-corrected chi connectivity index (χ3v) is 5.60. The molecule has 0 fully saturated rings. The number of nitrogen functional groups attached to an aromatic ring is 1. The third-order valence-electron chi connectivity index (χ3n) is 3.03. The molecular weight excluding hydrogens is 278 g/mol. The summed E-state index contributed by atoms with van der Waals surface area (Å²) < 4.78 is 27.8. The molecule has 0 bridgehead atoms. The fourth-order valence-corrected chi connectivity index (χ4v) is 2.32. The number of esters is 1. The molecule has 0 aromatic heterocycles. The Labute approximate surface area is 120 Å². The smallest absolute Gasteiger partial charge is 0.338 e. The van der Waals surface area contributed by atoms with E-state index in [1.807, 2.05) is 6.92 Å². The minimum absolute atomic E-state index is 0.160. The van der Waals surface area contributed by atoms with Gasteiger partial charge in [-0.25, -0.2) is 13.2 Å². The van der Waals surface area contributed by atoms with E-state index in [2.05, 4.69) is 0 Å². The highest BCUT2D eigenvalue weighted by atomic mass is 32.2. The second-order valence-corrected chi connectivity index (χ2v) is 8.50. The largest absolute Gasteiger partial charge is 0.461 e. The summed E-state index contributed by atoms with van der Waals surface area (Å²) in [5, 5.41) is 0. The third kappa shape index (κ3) is 3.96. The summed E-state index contributed by atoms with van der Waals surface area (Å²) in [6.07, 6.45) is 0. The van der Waals surface area contributed by atoms with Crippen LogP contribution in [0.2, 0.25) is 0 Å². The van der Waals surface area contributed by atoms with Crippen LogP contribution < -0.4 is 5.73 Å². The maximum atomic E-state index is 11.9. The van der Waals surface area contributed by atoms with Gasteiger partial charge in [0.2, 0.25) is 0 Å². The monoisotopic (exact) mass is 299 g/mol. The van der Waals surface area contributed by atoms with Crippen molar-refractivity contribution < 1.29 is 17.9 Å².